The van der Waals surface area contributed by atoms with Gasteiger partial charge in [-0.05, 0) is 12.6 Å². The van der Waals surface area contributed by atoms with E-state index in [2.05, 4.69) is 25.6 Å². The molecule has 0 saturated carbocycles. The van der Waals surface area contributed by atoms with Gasteiger partial charge in [0, 0.05) is 6.54 Å². The van der Waals surface area contributed by atoms with Crippen molar-refractivity contribution >= 4 is 6.72 Å². The van der Waals surface area contributed by atoms with E-state index in [4.69, 9.17) is 0 Å². The monoisotopic (exact) mass is 99.1 g/mol. The predicted molar refractivity (Wildman–Crippen MR) is 33.9 cm³/mol. The van der Waals surface area contributed by atoms with Gasteiger partial charge in [-0.2, -0.15) is 0 Å². The van der Waals surface area contributed by atoms with Crippen LogP contribution in [0.3, 0.4) is 0 Å². The number of hydrogen-bond donors (Lipinski definition) is 0. The maximum Gasteiger partial charge on any atom is 0.0407 e. The van der Waals surface area contributed by atoms with Crippen molar-refractivity contribution < 1.29 is 0 Å². The average Bonchev–Trinajstić information content (AvgIpc) is 1.68. The summed E-state index contributed by atoms with van der Waals surface area (Å²) in [4.78, 5) is 3.76. The number of hydrogen-bond acceptors (Lipinski definition) is 1. The first-order valence-electron chi connectivity index (χ1n) is 2.73. The zero-order chi connectivity index (χ0) is 5.70. The van der Waals surface area contributed by atoms with Crippen LogP contribution in [-0.2, 0) is 0 Å². The van der Waals surface area contributed by atoms with Crippen LogP contribution in [0.2, 0.25) is 0 Å². The van der Waals surface area contributed by atoms with Gasteiger partial charge in [-0.15, -0.1) is 0 Å². The molecule has 0 aliphatic carbocycles. The second-order valence-corrected chi connectivity index (χ2v) is 1.92. The molecule has 1 nitrogen and oxygen atoms in total. The Hall–Kier alpha value is -0.330. The van der Waals surface area contributed by atoms with Crippen LogP contribution < -0.4 is 0 Å². The van der Waals surface area contributed by atoms with E-state index in [1.165, 1.54) is 6.42 Å². The van der Waals surface area contributed by atoms with Crippen LogP contribution >= 0.6 is 0 Å². The lowest BCUT2D eigenvalue weighted by atomic mass is 10.1. The molecule has 0 spiro atoms. The van der Waals surface area contributed by atoms with Crippen LogP contribution in [0.1, 0.15) is 20.3 Å². The van der Waals surface area contributed by atoms with Gasteiger partial charge in [0.05, 0.1) is 0 Å². The van der Waals surface area contributed by atoms with Crippen molar-refractivity contribution in [2.75, 3.05) is 6.54 Å². The van der Waals surface area contributed by atoms with Gasteiger partial charge in [0.1, 0.15) is 0 Å². The first-order chi connectivity index (χ1) is 3.31. The maximum absolute atomic E-state index is 3.76. The first-order valence-corrected chi connectivity index (χ1v) is 2.73. The summed E-state index contributed by atoms with van der Waals surface area (Å²) in [6, 6.07) is 0. The fraction of sp³-hybridized carbons (Fsp3) is 0.833. The molecule has 0 fully saturated rings. The SMILES string of the molecule is C=NCC(C)CC. The zero-order valence-electron chi connectivity index (χ0n) is 5.15. The molecule has 0 aromatic carbocycles. The first kappa shape index (κ1) is 6.67. The van der Waals surface area contributed by atoms with Crippen molar-refractivity contribution in [3.63, 3.8) is 0 Å². The van der Waals surface area contributed by atoms with Crippen molar-refractivity contribution in [3.05, 3.63) is 0 Å². The Morgan fingerprint density at radius 1 is 1.71 bits per heavy atom. The largest absolute Gasteiger partial charge is 0.301 e. The Morgan fingerprint density at radius 3 is 2.43 bits per heavy atom. The zero-order valence-corrected chi connectivity index (χ0v) is 5.15. The summed E-state index contributed by atoms with van der Waals surface area (Å²) in [6.45, 7) is 8.65. The summed E-state index contributed by atoms with van der Waals surface area (Å²) in [5, 5.41) is 0. The molecule has 1 unspecified atom stereocenters. The highest BCUT2D eigenvalue weighted by Crippen LogP contribution is 1.98. The Bertz CT molecular complexity index is 50.1. The van der Waals surface area contributed by atoms with E-state index in [1.54, 1.807) is 0 Å². The molecule has 0 aromatic rings. The van der Waals surface area contributed by atoms with E-state index in [0.29, 0.717) is 0 Å². The van der Waals surface area contributed by atoms with Crippen LogP contribution in [0, 0.1) is 5.92 Å². The minimum Gasteiger partial charge on any atom is -0.301 e. The molecule has 0 radical (unpaired) electrons. The third-order valence-electron chi connectivity index (χ3n) is 1.14. The molecule has 1 heteroatoms. The summed E-state index contributed by atoms with van der Waals surface area (Å²) < 4.78 is 0. The Balaban J connectivity index is 2.98. The van der Waals surface area contributed by atoms with Crippen molar-refractivity contribution in [1.82, 2.24) is 0 Å². The van der Waals surface area contributed by atoms with Crippen molar-refractivity contribution in [2.24, 2.45) is 10.9 Å². The molecule has 7 heavy (non-hydrogen) atoms. The predicted octanol–water partition coefficient (Wildman–Crippen LogP) is 1.73. The van der Waals surface area contributed by atoms with Crippen LogP contribution in [0.5, 0.6) is 0 Å². The van der Waals surface area contributed by atoms with Gasteiger partial charge in [-0.25, -0.2) is 0 Å². The topological polar surface area (TPSA) is 12.4 Å². The highest BCUT2D eigenvalue weighted by atomic mass is 14.7. The van der Waals surface area contributed by atoms with Gasteiger partial charge >= 0.3 is 0 Å². The maximum atomic E-state index is 3.76. The van der Waals surface area contributed by atoms with Crippen LogP contribution in [0.4, 0.5) is 0 Å². The molecule has 0 aromatic heterocycles. The normalized spacial score (nSPS) is 13.4. The molecule has 0 N–H and O–H groups in total. The molecule has 0 bridgehead atoms. The van der Waals surface area contributed by atoms with Gasteiger partial charge in [-0.3, -0.25) is 0 Å². The standard InChI is InChI=1S/C6H13N/c1-4-6(2)5-7-3/h6H,3-5H2,1-2H3. The summed E-state index contributed by atoms with van der Waals surface area (Å²) in [5.41, 5.74) is 0. The third-order valence-corrected chi connectivity index (χ3v) is 1.14. The van der Waals surface area contributed by atoms with Gasteiger partial charge in [0.25, 0.3) is 0 Å². The molecule has 0 saturated heterocycles. The Labute approximate surface area is 45.5 Å². The van der Waals surface area contributed by atoms with E-state index in [9.17, 15) is 0 Å². The Kier molecular flexibility index (Phi) is 3.67. The molecule has 0 aliphatic rings. The van der Waals surface area contributed by atoms with E-state index < -0.39 is 0 Å². The quantitative estimate of drug-likeness (QED) is 0.478. The highest BCUT2D eigenvalue weighted by Gasteiger charge is 1.91. The summed E-state index contributed by atoms with van der Waals surface area (Å²) >= 11 is 0. The van der Waals surface area contributed by atoms with Gasteiger partial charge in [0.2, 0.25) is 0 Å². The van der Waals surface area contributed by atoms with Crippen molar-refractivity contribution in [1.29, 1.82) is 0 Å². The minimum atomic E-state index is 0.720. The summed E-state index contributed by atoms with van der Waals surface area (Å²) in [7, 11) is 0. The second-order valence-electron chi connectivity index (χ2n) is 1.92. The highest BCUT2D eigenvalue weighted by molar-refractivity contribution is 5.23. The van der Waals surface area contributed by atoms with Crippen LogP contribution in [0.25, 0.3) is 0 Å². The number of rotatable bonds is 3. The minimum absolute atomic E-state index is 0.720. The lowest BCUT2D eigenvalue weighted by Crippen LogP contribution is -1.94. The van der Waals surface area contributed by atoms with Gasteiger partial charge < -0.3 is 4.99 Å². The van der Waals surface area contributed by atoms with E-state index in [-0.39, 0.29) is 0 Å². The van der Waals surface area contributed by atoms with Crippen LogP contribution in [0.15, 0.2) is 4.99 Å². The summed E-state index contributed by atoms with van der Waals surface area (Å²) in [6.07, 6.45) is 1.21. The lowest BCUT2D eigenvalue weighted by Gasteiger charge is -1.99. The fourth-order valence-electron chi connectivity index (χ4n) is 0.349. The van der Waals surface area contributed by atoms with Gasteiger partial charge in [-0.1, -0.05) is 20.3 Å². The van der Waals surface area contributed by atoms with Gasteiger partial charge in [0.15, 0.2) is 0 Å². The van der Waals surface area contributed by atoms with E-state index in [0.717, 1.165) is 12.5 Å². The smallest absolute Gasteiger partial charge is 0.0407 e. The molecular formula is C6H13N. The summed E-state index contributed by atoms with van der Waals surface area (Å²) in [5.74, 6) is 0.720. The fourth-order valence-corrected chi connectivity index (χ4v) is 0.349. The Morgan fingerprint density at radius 2 is 2.29 bits per heavy atom. The van der Waals surface area contributed by atoms with Crippen molar-refractivity contribution in [3.8, 4) is 0 Å². The molecular weight excluding hydrogens is 86.1 g/mol. The molecule has 0 heterocycles. The molecule has 0 aliphatic heterocycles. The third kappa shape index (κ3) is 3.50. The number of nitrogens with zero attached hydrogens (tertiary/aromatic N) is 1. The van der Waals surface area contributed by atoms with E-state index >= 15 is 0 Å². The van der Waals surface area contributed by atoms with Crippen molar-refractivity contribution in [2.45, 2.75) is 20.3 Å². The molecule has 42 valence electrons. The van der Waals surface area contributed by atoms with E-state index in [1.807, 2.05) is 0 Å². The average molecular weight is 99.2 g/mol. The second kappa shape index (κ2) is 3.85. The van der Waals surface area contributed by atoms with Crippen LogP contribution in [-0.4, -0.2) is 13.3 Å². The molecule has 0 amide bonds. The lowest BCUT2D eigenvalue weighted by molar-refractivity contribution is 0.578. The molecule has 1 atom stereocenters. The number of aliphatic imine (C=N–C) groups is 1. The molecule has 0 rings (SSSR count).